The lowest BCUT2D eigenvalue weighted by Gasteiger charge is -2.32. The number of carbonyl (C=O) groups is 2. The third kappa shape index (κ3) is 4.49. The summed E-state index contributed by atoms with van der Waals surface area (Å²) >= 11 is 0. The van der Waals surface area contributed by atoms with Crippen molar-refractivity contribution in [2.24, 2.45) is 0 Å². The summed E-state index contributed by atoms with van der Waals surface area (Å²) in [6.45, 7) is 10.1. The quantitative estimate of drug-likeness (QED) is 0.164. The molecule has 0 spiro atoms. The maximum Gasteiger partial charge on any atom is 0.341 e. The zero-order valence-electron chi connectivity index (χ0n) is 25.4. The van der Waals surface area contributed by atoms with Gasteiger partial charge in [0.25, 0.3) is 0 Å². The first kappa shape index (κ1) is 29.0. The average molecular weight is 590 g/mol. The van der Waals surface area contributed by atoms with Gasteiger partial charge in [-0.15, -0.1) is 0 Å². The van der Waals surface area contributed by atoms with Crippen LogP contribution < -0.4 is 9.64 Å². The van der Waals surface area contributed by atoms with Gasteiger partial charge in [0.15, 0.2) is 0 Å². The third-order valence-electron chi connectivity index (χ3n) is 8.10. The largest absolute Gasteiger partial charge is 0.493 e. The maximum atomic E-state index is 13.8. The lowest BCUT2D eigenvalue weighted by atomic mass is 9.81. The predicted molar refractivity (Wildman–Crippen MR) is 169 cm³/mol. The van der Waals surface area contributed by atoms with E-state index in [2.05, 4.69) is 18.7 Å². The van der Waals surface area contributed by atoms with Crippen LogP contribution in [0.15, 0.2) is 91.3 Å². The van der Waals surface area contributed by atoms with Gasteiger partial charge in [0.2, 0.25) is 5.60 Å². The summed E-state index contributed by atoms with van der Waals surface area (Å²) < 4.78 is 20.5. The van der Waals surface area contributed by atoms with E-state index in [0.29, 0.717) is 51.5 Å². The number of aromatic nitrogens is 2. The SMILES string of the molecule is CCOC(=O)c1c(-c2ccccc2)c(C2(c3ccc(N(CC)CC)cc3OCC)OC(=O)c3cccnc32)n2ccccc12. The molecule has 1 unspecified atom stereocenters. The van der Waals surface area contributed by atoms with E-state index in [0.717, 1.165) is 24.3 Å². The lowest BCUT2D eigenvalue weighted by molar-refractivity contribution is 0.0222. The highest BCUT2D eigenvalue weighted by Gasteiger charge is 2.55. The average Bonchev–Trinajstić information content (AvgIpc) is 3.56. The molecular formula is C36H35N3O5. The predicted octanol–water partition coefficient (Wildman–Crippen LogP) is 6.89. The molecule has 1 aliphatic rings. The second-order valence-electron chi connectivity index (χ2n) is 10.4. The second kappa shape index (κ2) is 11.9. The molecule has 0 fully saturated rings. The smallest absolute Gasteiger partial charge is 0.341 e. The lowest BCUT2D eigenvalue weighted by Crippen LogP contribution is -2.33. The van der Waals surface area contributed by atoms with E-state index in [4.69, 9.17) is 19.2 Å². The molecule has 1 atom stereocenters. The summed E-state index contributed by atoms with van der Waals surface area (Å²) in [6, 6.07) is 24.7. The summed E-state index contributed by atoms with van der Waals surface area (Å²) in [4.78, 5) is 34.6. The molecule has 6 rings (SSSR count). The molecule has 0 N–H and O–H groups in total. The van der Waals surface area contributed by atoms with E-state index in [1.807, 2.05) is 84.3 Å². The molecule has 224 valence electrons. The molecule has 0 saturated carbocycles. The van der Waals surface area contributed by atoms with E-state index in [9.17, 15) is 9.59 Å². The van der Waals surface area contributed by atoms with Crippen LogP contribution in [0.1, 0.15) is 65.4 Å². The minimum Gasteiger partial charge on any atom is -0.493 e. The van der Waals surface area contributed by atoms with Crippen LogP contribution in [0.2, 0.25) is 0 Å². The summed E-state index contributed by atoms with van der Waals surface area (Å²) in [5.41, 5.74) is 3.73. The highest BCUT2D eigenvalue weighted by molar-refractivity contribution is 6.07. The van der Waals surface area contributed by atoms with Crippen LogP contribution in [-0.4, -0.2) is 47.6 Å². The van der Waals surface area contributed by atoms with Crippen LogP contribution >= 0.6 is 0 Å². The van der Waals surface area contributed by atoms with Gasteiger partial charge in [-0.2, -0.15) is 0 Å². The van der Waals surface area contributed by atoms with Crippen LogP contribution in [0.25, 0.3) is 16.6 Å². The summed E-state index contributed by atoms with van der Waals surface area (Å²) in [6.07, 6.45) is 3.53. The van der Waals surface area contributed by atoms with Gasteiger partial charge in [0.1, 0.15) is 11.4 Å². The minimum atomic E-state index is -1.57. The molecular weight excluding hydrogens is 554 g/mol. The van der Waals surface area contributed by atoms with Gasteiger partial charge in [-0.25, -0.2) is 9.59 Å². The van der Waals surface area contributed by atoms with Gasteiger partial charge in [-0.3, -0.25) is 4.98 Å². The second-order valence-corrected chi connectivity index (χ2v) is 10.4. The van der Waals surface area contributed by atoms with Gasteiger partial charge in [0, 0.05) is 42.8 Å². The first-order chi connectivity index (χ1) is 21.5. The molecule has 8 nitrogen and oxygen atoms in total. The van der Waals surface area contributed by atoms with Crippen molar-refractivity contribution in [2.45, 2.75) is 33.3 Å². The Balaban J connectivity index is 1.80. The Kier molecular flexibility index (Phi) is 7.82. The molecule has 8 heteroatoms. The van der Waals surface area contributed by atoms with Crippen molar-refractivity contribution in [3.63, 3.8) is 0 Å². The Morgan fingerprint density at radius 1 is 0.932 bits per heavy atom. The van der Waals surface area contributed by atoms with Crippen molar-refractivity contribution >= 4 is 23.1 Å². The fraction of sp³-hybridized carbons (Fsp3) is 0.250. The maximum absolute atomic E-state index is 13.8. The van der Waals surface area contributed by atoms with Gasteiger partial charge in [-0.05, 0) is 69.7 Å². The Morgan fingerprint density at radius 3 is 2.43 bits per heavy atom. The normalized spacial score (nSPS) is 15.6. The molecule has 4 heterocycles. The molecule has 1 aliphatic heterocycles. The van der Waals surface area contributed by atoms with Crippen LogP contribution in [-0.2, 0) is 15.1 Å². The van der Waals surface area contributed by atoms with Crippen LogP contribution in [0.5, 0.6) is 5.75 Å². The zero-order chi connectivity index (χ0) is 30.8. The number of hydrogen-bond acceptors (Lipinski definition) is 7. The topological polar surface area (TPSA) is 82.4 Å². The molecule has 3 aromatic heterocycles. The molecule has 0 bridgehead atoms. The van der Waals surface area contributed by atoms with Crippen molar-refractivity contribution < 1.29 is 23.8 Å². The Bertz CT molecular complexity index is 1840. The fourth-order valence-electron chi connectivity index (χ4n) is 6.28. The van der Waals surface area contributed by atoms with E-state index < -0.39 is 17.5 Å². The van der Waals surface area contributed by atoms with Crippen LogP contribution in [0, 0.1) is 0 Å². The number of ether oxygens (including phenoxy) is 3. The standard InChI is InChI=1S/C36H35N3O5/c1-5-38(6-2)25-19-20-27(29(23-25)42-7-3)36(32-26(34(40)44-36)17-14-21-37-32)33-30(24-15-10-9-11-16-24)31(35(41)43-8-4)28-18-12-13-22-39(28)33/h9-23H,5-8H2,1-4H3. The number of carbonyl (C=O) groups excluding carboxylic acids is 2. The van der Waals surface area contributed by atoms with Gasteiger partial charge in [-0.1, -0.05) is 36.4 Å². The molecule has 44 heavy (non-hydrogen) atoms. The minimum absolute atomic E-state index is 0.207. The van der Waals surface area contributed by atoms with Crippen molar-refractivity contribution in [1.29, 1.82) is 0 Å². The zero-order valence-corrected chi connectivity index (χ0v) is 25.4. The Labute approximate surface area is 256 Å². The molecule has 0 radical (unpaired) electrons. The number of nitrogens with zero attached hydrogens (tertiary/aromatic N) is 3. The number of hydrogen-bond donors (Lipinski definition) is 0. The molecule has 0 aliphatic carbocycles. The first-order valence-corrected chi connectivity index (χ1v) is 15.1. The van der Waals surface area contributed by atoms with Crippen molar-refractivity contribution in [3.8, 4) is 16.9 Å². The van der Waals surface area contributed by atoms with Crippen molar-refractivity contribution in [3.05, 3.63) is 119 Å². The highest BCUT2D eigenvalue weighted by atomic mass is 16.6. The summed E-state index contributed by atoms with van der Waals surface area (Å²) in [7, 11) is 0. The number of rotatable bonds is 10. The van der Waals surface area contributed by atoms with Crippen molar-refractivity contribution in [1.82, 2.24) is 9.38 Å². The number of fused-ring (bicyclic) bond motifs is 2. The van der Waals surface area contributed by atoms with Gasteiger partial charge >= 0.3 is 11.9 Å². The van der Waals surface area contributed by atoms with Crippen molar-refractivity contribution in [2.75, 3.05) is 31.2 Å². The number of pyridine rings is 2. The van der Waals surface area contributed by atoms with E-state index in [-0.39, 0.29) is 6.61 Å². The summed E-state index contributed by atoms with van der Waals surface area (Å²) in [5.74, 6) is -0.416. The number of benzene rings is 2. The van der Waals surface area contributed by atoms with E-state index in [1.165, 1.54) is 0 Å². The van der Waals surface area contributed by atoms with E-state index >= 15 is 0 Å². The van der Waals surface area contributed by atoms with Crippen LogP contribution in [0.4, 0.5) is 5.69 Å². The summed E-state index contributed by atoms with van der Waals surface area (Å²) in [5, 5.41) is 0. The van der Waals surface area contributed by atoms with E-state index in [1.54, 1.807) is 25.3 Å². The van der Waals surface area contributed by atoms with Crippen LogP contribution in [0.3, 0.4) is 0 Å². The Hall–Kier alpha value is -5.11. The molecule has 0 saturated heterocycles. The third-order valence-corrected chi connectivity index (χ3v) is 8.10. The highest BCUT2D eigenvalue weighted by Crippen LogP contribution is 2.53. The number of cyclic esters (lactones) is 1. The monoisotopic (exact) mass is 589 g/mol. The number of esters is 2. The first-order valence-electron chi connectivity index (χ1n) is 15.1. The van der Waals surface area contributed by atoms with Gasteiger partial charge in [0.05, 0.1) is 41.1 Å². The molecule has 5 aromatic rings. The Morgan fingerprint density at radius 2 is 1.70 bits per heavy atom. The number of anilines is 1. The van der Waals surface area contributed by atoms with Gasteiger partial charge < -0.3 is 23.5 Å². The fourth-order valence-corrected chi connectivity index (χ4v) is 6.28. The molecule has 2 aromatic carbocycles. The molecule has 0 amide bonds.